The predicted molar refractivity (Wildman–Crippen MR) is 91.8 cm³/mol. The van der Waals surface area contributed by atoms with Crippen molar-refractivity contribution >= 4 is 5.91 Å². The molecule has 0 bridgehead atoms. The SMILES string of the molecule is O=C(CCNCCc1ccccc1F)NCCC1=CCCCC1. The minimum atomic E-state index is -0.163. The summed E-state index contributed by atoms with van der Waals surface area (Å²) in [5, 5.41) is 6.16. The van der Waals surface area contributed by atoms with Crippen molar-refractivity contribution in [2.24, 2.45) is 0 Å². The second-order valence-corrected chi connectivity index (χ2v) is 6.05. The highest BCUT2D eigenvalue weighted by Crippen LogP contribution is 2.19. The van der Waals surface area contributed by atoms with E-state index in [-0.39, 0.29) is 11.7 Å². The number of nitrogens with one attached hydrogen (secondary N) is 2. The van der Waals surface area contributed by atoms with Crippen LogP contribution in [-0.2, 0) is 11.2 Å². The van der Waals surface area contributed by atoms with Crippen molar-refractivity contribution in [2.75, 3.05) is 19.6 Å². The average molecular weight is 318 g/mol. The number of rotatable bonds is 9. The topological polar surface area (TPSA) is 41.1 Å². The Morgan fingerprint density at radius 2 is 1.96 bits per heavy atom. The van der Waals surface area contributed by atoms with Crippen LogP contribution in [0.4, 0.5) is 4.39 Å². The molecule has 0 saturated heterocycles. The number of allylic oxidation sites excluding steroid dienone is 1. The Kier molecular flexibility index (Phi) is 7.81. The summed E-state index contributed by atoms with van der Waals surface area (Å²) >= 11 is 0. The number of hydrogen-bond acceptors (Lipinski definition) is 2. The van der Waals surface area contributed by atoms with E-state index in [0.717, 1.165) is 13.0 Å². The molecule has 1 aromatic carbocycles. The summed E-state index contributed by atoms with van der Waals surface area (Å²) in [7, 11) is 0. The van der Waals surface area contributed by atoms with Crippen molar-refractivity contribution in [3.05, 3.63) is 47.3 Å². The van der Waals surface area contributed by atoms with Gasteiger partial charge in [0.2, 0.25) is 5.91 Å². The highest BCUT2D eigenvalue weighted by molar-refractivity contribution is 5.76. The zero-order valence-corrected chi connectivity index (χ0v) is 13.7. The molecule has 1 amide bonds. The molecule has 4 heteroatoms. The molecule has 2 rings (SSSR count). The molecule has 1 aliphatic rings. The van der Waals surface area contributed by atoms with Crippen LogP contribution in [0.1, 0.15) is 44.1 Å². The van der Waals surface area contributed by atoms with Crippen LogP contribution in [-0.4, -0.2) is 25.5 Å². The lowest BCUT2D eigenvalue weighted by atomic mass is 9.97. The number of hydrogen-bond donors (Lipinski definition) is 2. The molecule has 0 radical (unpaired) electrons. The van der Waals surface area contributed by atoms with Crippen LogP contribution in [0.3, 0.4) is 0 Å². The quantitative estimate of drug-likeness (QED) is 0.541. The first kappa shape index (κ1) is 17.7. The van der Waals surface area contributed by atoms with E-state index < -0.39 is 0 Å². The van der Waals surface area contributed by atoms with Gasteiger partial charge in [-0.2, -0.15) is 0 Å². The largest absolute Gasteiger partial charge is 0.356 e. The second kappa shape index (κ2) is 10.2. The van der Waals surface area contributed by atoms with E-state index in [9.17, 15) is 9.18 Å². The smallest absolute Gasteiger partial charge is 0.221 e. The zero-order chi connectivity index (χ0) is 16.3. The third-order valence-electron chi connectivity index (χ3n) is 4.21. The predicted octanol–water partition coefficient (Wildman–Crippen LogP) is 3.35. The first-order chi connectivity index (χ1) is 11.3. The van der Waals surface area contributed by atoms with Gasteiger partial charge in [-0.05, 0) is 56.7 Å². The molecule has 126 valence electrons. The minimum Gasteiger partial charge on any atom is -0.356 e. The molecule has 3 nitrogen and oxygen atoms in total. The van der Waals surface area contributed by atoms with E-state index in [2.05, 4.69) is 16.7 Å². The van der Waals surface area contributed by atoms with E-state index in [1.54, 1.807) is 12.1 Å². The van der Waals surface area contributed by atoms with Crippen molar-refractivity contribution in [3.8, 4) is 0 Å². The standard InChI is InChI=1S/C19H27FN2O/c20-18-9-5-4-8-17(18)11-13-21-14-12-19(23)22-15-10-16-6-2-1-3-7-16/h4-6,8-9,21H,1-3,7,10-15H2,(H,22,23). The van der Waals surface area contributed by atoms with Gasteiger partial charge in [0, 0.05) is 19.5 Å². The summed E-state index contributed by atoms with van der Waals surface area (Å²) in [6.07, 6.45) is 9.37. The number of carbonyl (C=O) groups is 1. The van der Waals surface area contributed by atoms with Crippen LogP contribution in [0.2, 0.25) is 0 Å². The van der Waals surface area contributed by atoms with Gasteiger partial charge in [-0.3, -0.25) is 4.79 Å². The van der Waals surface area contributed by atoms with Gasteiger partial charge in [0.1, 0.15) is 5.82 Å². The summed E-state index contributed by atoms with van der Waals surface area (Å²) in [5.41, 5.74) is 2.20. The van der Waals surface area contributed by atoms with Gasteiger partial charge >= 0.3 is 0 Å². The maximum Gasteiger partial charge on any atom is 0.221 e. The van der Waals surface area contributed by atoms with Crippen molar-refractivity contribution in [1.82, 2.24) is 10.6 Å². The molecule has 0 aliphatic heterocycles. The lowest BCUT2D eigenvalue weighted by molar-refractivity contribution is -0.120. The molecular weight excluding hydrogens is 291 g/mol. The fourth-order valence-corrected chi connectivity index (χ4v) is 2.83. The van der Waals surface area contributed by atoms with Crippen LogP contribution < -0.4 is 10.6 Å². The Hall–Kier alpha value is -1.68. The zero-order valence-electron chi connectivity index (χ0n) is 13.7. The molecule has 2 N–H and O–H groups in total. The fraction of sp³-hybridized carbons (Fsp3) is 0.526. The first-order valence-corrected chi connectivity index (χ1v) is 8.64. The van der Waals surface area contributed by atoms with E-state index >= 15 is 0 Å². The molecule has 1 aliphatic carbocycles. The van der Waals surface area contributed by atoms with Crippen molar-refractivity contribution in [3.63, 3.8) is 0 Å². The number of amides is 1. The molecule has 0 heterocycles. The van der Waals surface area contributed by atoms with Crippen LogP contribution >= 0.6 is 0 Å². The monoisotopic (exact) mass is 318 g/mol. The van der Waals surface area contributed by atoms with Crippen molar-refractivity contribution in [2.45, 2.75) is 44.9 Å². The molecule has 23 heavy (non-hydrogen) atoms. The molecule has 0 unspecified atom stereocenters. The van der Waals surface area contributed by atoms with Gasteiger partial charge in [-0.25, -0.2) is 4.39 Å². The summed E-state index contributed by atoms with van der Waals surface area (Å²) in [6, 6.07) is 6.81. The molecule has 0 spiro atoms. The highest BCUT2D eigenvalue weighted by atomic mass is 19.1. The Labute approximate surface area is 138 Å². The van der Waals surface area contributed by atoms with Gasteiger partial charge in [0.15, 0.2) is 0 Å². The lowest BCUT2D eigenvalue weighted by Crippen LogP contribution is -2.29. The molecule has 0 fully saturated rings. The third kappa shape index (κ3) is 6.95. The van der Waals surface area contributed by atoms with Crippen molar-refractivity contribution < 1.29 is 9.18 Å². The Balaban J connectivity index is 1.50. The number of halogens is 1. The van der Waals surface area contributed by atoms with E-state index in [1.165, 1.54) is 37.3 Å². The second-order valence-electron chi connectivity index (χ2n) is 6.05. The van der Waals surface area contributed by atoms with Gasteiger partial charge in [0.25, 0.3) is 0 Å². The highest BCUT2D eigenvalue weighted by Gasteiger charge is 2.05. The molecule has 0 aromatic heterocycles. The van der Waals surface area contributed by atoms with Crippen LogP contribution in [0.5, 0.6) is 0 Å². The summed E-state index contributed by atoms with van der Waals surface area (Å²) in [4.78, 5) is 11.7. The summed E-state index contributed by atoms with van der Waals surface area (Å²) in [5.74, 6) is -0.0798. The molecule has 1 aromatic rings. The van der Waals surface area contributed by atoms with Crippen LogP contribution in [0.15, 0.2) is 35.9 Å². The first-order valence-electron chi connectivity index (χ1n) is 8.64. The summed E-state index contributed by atoms with van der Waals surface area (Å²) < 4.78 is 13.4. The summed E-state index contributed by atoms with van der Waals surface area (Å²) in [6.45, 7) is 2.05. The molecule has 0 atom stereocenters. The lowest BCUT2D eigenvalue weighted by Gasteiger charge is -2.13. The van der Waals surface area contributed by atoms with E-state index in [0.29, 0.717) is 31.5 Å². The number of benzene rings is 1. The Morgan fingerprint density at radius 1 is 1.09 bits per heavy atom. The van der Waals surface area contributed by atoms with E-state index in [1.807, 2.05) is 6.07 Å². The third-order valence-corrected chi connectivity index (χ3v) is 4.21. The fourth-order valence-electron chi connectivity index (χ4n) is 2.83. The maximum atomic E-state index is 13.4. The van der Waals surface area contributed by atoms with Gasteiger partial charge in [0.05, 0.1) is 0 Å². The normalized spacial score (nSPS) is 14.4. The Bertz CT molecular complexity index is 528. The van der Waals surface area contributed by atoms with Gasteiger partial charge in [-0.1, -0.05) is 29.8 Å². The van der Waals surface area contributed by atoms with Gasteiger partial charge in [-0.15, -0.1) is 0 Å². The minimum absolute atomic E-state index is 0.0831. The maximum absolute atomic E-state index is 13.4. The number of carbonyl (C=O) groups excluding carboxylic acids is 1. The molecular formula is C19H27FN2O. The average Bonchev–Trinajstić information content (AvgIpc) is 2.57. The van der Waals surface area contributed by atoms with Crippen LogP contribution in [0.25, 0.3) is 0 Å². The van der Waals surface area contributed by atoms with Crippen molar-refractivity contribution in [1.29, 1.82) is 0 Å². The van der Waals surface area contributed by atoms with Gasteiger partial charge < -0.3 is 10.6 Å². The van der Waals surface area contributed by atoms with E-state index in [4.69, 9.17) is 0 Å². The van der Waals surface area contributed by atoms with Crippen LogP contribution in [0, 0.1) is 5.82 Å². The molecule has 0 saturated carbocycles. The Morgan fingerprint density at radius 3 is 2.74 bits per heavy atom.